The lowest BCUT2D eigenvalue weighted by Crippen LogP contribution is -2.18. The van der Waals surface area contributed by atoms with E-state index < -0.39 is 9.84 Å². The van der Waals surface area contributed by atoms with Crippen LogP contribution < -0.4 is 0 Å². The molecule has 1 fully saturated rings. The Kier molecular flexibility index (Phi) is 5.23. The van der Waals surface area contributed by atoms with Gasteiger partial charge in [0.25, 0.3) is 0 Å². The van der Waals surface area contributed by atoms with Crippen LogP contribution in [0.15, 0.2) is 24.3 Å². The lowest BCUT2D eigenvalue weighted by Gasteiger charge is -2.18. The number of aromatic nitrogens is 2. The highest BCUT2D eigenvalue weighted by Crippen LogP contribution is 2.27. The third kappa shape index (κ3) is 4.25. The monoisotopic (exact) mass is 381 g/mol. The van der Waals surface area contributed by atoms with Gasteiger partial charge < -0.3 is 0 Å². The number of nitrogens with zero attached hydrogens (tertiary/aromatic N) is 3. The molecule has 0 unspecified atom stereocenters. The molecule has 3 rings (SSSR count). The van der Waals surface area contributed by atoms with Crippen LogP contribution in [0.4, 0.5) is 0 Å². The number of hydrogen-bond acceptors (Lipinski definition) is 4. The topological polar surface area (TPSA) is 55.2 Å². The van der Waals surface area contributed by atoms with Crippen LogP contribution in [0.5, 0.6) is 0 Å². The lowest BCUT2D eigenvalue weighted by molar-refractivity contribution is 0.317. The van der Waals surface area contributed by atoms with Crippen LogP contribution >= 0.6 is 11.6 Å². The van der Waals surface area contributed by atoms with Crippen molar-refractivity contribution in [1.29, 1.82) is 0 Å². The number of benzene rings is 1. The van der Waals surface area contributed by atoms with Gasteiger partial charge in [-0.25, -0.2) is 8.42 Å². The molecule has 1 aromatic heterocycles. The molecule has 25 heavy (non-hydrogen) atoms. The van der Waals surface area contributed by atoms with Crippen molar-refractivity contribution in [2.24, 2.45) is 0 Å². The van der Waals surface area contributed by atoms with Gasteiger partial charge in [0.15, 0.2) is 9.84 Å². The third-order valence-corrected chi connectivity index (χ3v) is 6.78. The Hall–Kier alpha value is -1.37. The normalized spacial score (nSPS) is 19.6. The molecule has 0 amide bonds. The zero-order chi connectivity index (χ0) is 18.2. The molecule has 7 heteroatoms. The zero-order valence-corrected chi connectivity index (χ0v) is 16.4. The molecule has 0 bridgehead atoms. The Morgan fingerprint density at radius 2 is 2.08 bits per heavy atom. The van der Waals surface area contributed by atoms with Crippen molar-refractivity contribution >= 4 is 21.4 Å². The van der Waals surface area contributed by atoms with E-state index in [-0.39, 0.29) is 17.5 Å². The van der Waals surface area contributed by atoms with Gasteiger partial charge in [0.05, 0.1) is 23.2 Å². The van der Waals surface area contributed by atoms with Crippen molar-refractivity contribution < 1.29 is 8.42 Å². The first-order valence-corrected chi connectivity index (χ1v) is 10.6. The molecule has 2 heterocycles. The molecule has 2 aromatic rings. The molecule has 0 radical (unpaired) electrons. The second-order valence-electron chi connectivity index (χ2n) is 6.95. The highest BCUT2D eigenvalue weighted by Gasteiger charge is 2.31. The summed E-state index contributed by atoms with van der Waals surface area (Å²) in [7, 11) is -0.849. The van der Waals surface area contributed by atoms with E-state index in [4.69, 9.17) is 11.6 Å². The highest BCUT2D eigenvalue weighted by atomic mass is 35.5. The molecule has 1 aliphatic rings. The van der Waals surface area contributed by atoms with E-state index in [2.05, 4.69) is 23.1 Å². The van der Waals surface area contributed by atoms with Gasteiger partial charge in [-0.15, -0.1) is 0 Å². The van der Waals surface area contributed by atoms with Crippen LogP contribution in [-0.4, -0.2) is 41.7 Å². The summed E-state index contributed by atoms with van der Waals surface area (Å²) in [5, 5.41) is 5.38. The summed E-state index contributed by atoms with van der Waals surface area (Å²) < 4.78 is 25.5. The zero-order valence-electron chi connectivity index (χ0n) is 14.9. The summed E-state index contributed by atoms with van der Waals surface area (Å²) in [6.45, 7) is 5.59. The maximum absolute atomic E-state index is 11.8. The van der Waals surface area contributed by atoms with E-state index >= 15 is 0 Å². The van der Waals surface area contributed by atoms with Gasteiger partial charge in [0.2, 0.25) is 0 Å². The fraction of sp³-hybridized carbons (Fsp3) is 0.500. The molecule has 0 aliphatic carbocycles. The van der Waals surface area contributed by atoms with Gasteiger partial charge in [0.1, 0.15) is 0 Å². The molecule has 1 aromatic carbocycles. The van der Waals surface area contributed by atoms with Crippen LogP contribution in [0.3, 0.4) is 0 Å². The van der Waals surface area contributed by atoms with Crippen LogP contribution in [-0.2, 0) is 22.9 Å². The van der Waals surface area contributed by atoms with E-state index in [0.717, 1.165) is 29.5 Å². The minimum absolute atomic E-state index is 0.0318. The molecule has 0 N–H and O–H groups in total. The van der Waals surface area contributed by atoms with Crippen molar-refractivity contribution in [2.45, 2.75) is 39.4 Å². The van der Waals surface area contributed by atoms with Crippen LogP contribution in [0.2, 0.25) is 5.02 Å². The minimum Gasteiger partial charge on any atom is -0.298 e. The SMILES string of the molecule is Cc1nn([C@@H]2CCS(=O)(=O)C2)c(C)c1CN(C)Cc1cccc(Cl)c1. The fourth-order valence-electron chi connectivity index (χ4n) is 3.52. The lowest BCUT2D eigenvalue weighted by atomic mass is 10.1. The van der Waals surface area contributed by atoms with Crippen LogP contribution in [0.25, 0.3) is 0 Å². The molecule has 1 atom stereocenters. The minimum atomic E-state index is -2.92. The van der Waals surface area contributed by atoms with E-state index in [1.54, 1.807) is 0 Å². The molecule has 136 valence electrons. The van der Waals surface area contributed by atoms with E-state index in [1.807, 2.05) is 36.7 Å². The highest BCUT2D eigenvalue weighted by molar-refractivity contribution is 7.91. The molecular weight excluding hydrogens is 358 g/mol. The number of aryl methyl sites for hydroxylation is 1. The smallest absolute Gasteiger partial charge is 0.152 e. The number of rotatable bonds is 5. The molecule has 1 aliphatic heterocycles. The molecule has 1 saturated heterocycles. The Morgan fingerprint density at radius 1 is 1.32 bits per heavy atom. The van der Waals surface area contributed by atoms with E-state index in [0.29, 0.717) is 6.42 Å². The van der Waals surface area contributed by atoms with Gasteiger partial charge >= 0.3 is 0 Å². The van der Waals surface area contributed by atoms with Crippen molar-refractivity contribution in [3.05, 3.63) is 51.8 Å². The summed E-state index contributed by atoms with van der Waals surface area (Å²) in [5.74, 6) is 0.465. The van der Waals surface area contributed by atoms with Crippen molar-refractivity contribution in [3.63, 3.8) is 0 Å². The first kappa shape index (κ1) is 18.4. The molecule has 0 spiro atoms. The maximum atomic E-state index is 11.8. The molecular formula is C18H24ClN3O2S. The quantitative estimate of drug-likeness (QED) is 0.798. The summed E-state index contributed by atoms with van der Waals surface area (Å²) in [4.78, 5) is 2.22. The summed E-state index contributed by atoms with van der Waals surface area (Å²) in [6.07, 6.45) is 0.655. The average Bonchev–Trinajstić information content (AvgIpc) is 3.01. The Bertz CT molecular complexity index is 876. The predicted octanol–water partition coefficient (Wildman–Crippen LogP) is 3.14. The van der Waals surface area contributed by atoms with Crippen molar-refractivity contribution in [1.82, 2.24) is 14.7 Å². The van der Waals surface area contributed by atoms with Crippen molar-refractivity contribution in [2.75, 3.05) is 18.6 Å². The first-order chi connectivity index (χ1) is 11.7. The van der Waals surface area contributed by atoms with Crippen LogP contribution in [0, 0.1) is 13.8 Å². The van der Waals surface area contributed by atoms with Crippen LogP contribution in [0.1, 0.15) is 35.0 Å². The van der Waals surface area contributed by atoms with Gasteiger partial charge in [-0.05, 0) is 45.0 Å². The Labute approximate surface area is 154 Å². The van der Waals surface area contributed by atoms with E-state index in [9.17, 15) is 8.42 Å². The second-order valence-corrected chi connectivity index (χ2v) is 9.62. The standard InChI is InChI=1S/C18H24ClN3O2S/c1-13-18(11-21(3)10-15-5-4-6-16(19)9-15)14(2)22(20-13)17-7-8-25(23,24)12-17/h4-6,9,17H,7-8,10-12H2,1-3H3/t17-/m1/s1. The third-order valence-electron chi connectivity index (χ3n) is 4.80. The number of sulfone groups is 1. The number of hydrogen-bond donors (Lipinski definition) is 0. The number of halogens is 1. The maximum Gasteiger partial charge on any atom is 0.152 e. The van der Waals surface area contributed by atoms with Gasteiger partial charge in [0, 0.05) is 29.4 Å². The second kappa shape index (κ2) is 7.09. The molecule has 0 saturated carbocycles. The Morgan fingerprint density at radius 3 is 2.72 bits per heavy atom. The van der Waals surface area contributed by atoms with E-state index in [1.165, 1.54) is 11.1 Å². The summed E-state index contributed by atoms with van der Waals surface area (Å²) in [5.41, 5.74) is 4.38. The predicted molar refractivity (Wildman–Crippen MR) is 101 cm³/mol. The fourth-order valence-corrected chi connectivity index (χ4v) is 5.43. The summed E-state index contributed by atoms with van der Waals surface area (Å²) >= 11 is 6.06. The molecule has 5 nitrogen and oxygen atoms in total. The first-order valence-electron chi connectivity index (χ1n) is 8.43. The average molecular weight is 382 g/mol. The van der Waals surface area contributed by atoms with Gasteiger partial charge in [-0.2, -0.15) is 5.10 Å². The van der Waals surface area contributed by atoms with Gasteiger partial charge in [-0.1, -0.05) is 23.7 Å². The van der Waals surface area contributed by atoms with Gasteiger partial charge in [-0.3, -0.25) is 9.58 Å². The largest absolute Gasteiger partial charge is 0.298 e. The Balaban J connectivity index is 1.74. The summed E-state index contributed by atoms with van der Waals surface area (Å²) in [6, 6.07) is 7.84. The van der Waals surface area contributed by atoms with Crippen molar-refractivity contribution in [3.8, 4) is 0 Å².